The van der Waals surface area contributed by atoms with Gasteiger partial charge in [-0.1, -0.05) is 26.0 Å². The van der Waals surface area contributed by atoms with Crippen LogP contribution in [0.25, 0.3) is 0 Å². The van der Waals surface area contributed by atoms with Crippen LogP contribution in [0.15, 0.2) is 42.5 Å². The minimum Gasteiger partial charge on any atom is -0.493 e. The Hall–Kier alpha value is -2.56. The summed E-state index contributed by atoms with van der Waals surface area (Å²) < 4.78 is 23.9. The van der Waals surface area contributed by atoms with Crippen LogP contribution >= 0.6 is 0 Å². The van der Waals surface area contributed by atoms with E-state index in [1.54, 1.807) is 37.4 Å². The minimum absolute atomic E-state index is 0.184. The first-order valence-corrected chi connectivity index (χ1v) is 8.33. The Balaban J connectivity index is 1.93. The van der Waals surface area contributed by atoms with Crippen LogP contribution in [0.1, 0.15) is 29.8 Å². The molecule has 2 rings (SSSR count). The smallest absolute Gasteiger partial charge is 0.251 e. The Morgan fingerprint density at radius 1 is 1.12 bits per heavy atom. The number of halogens is 1. The highest BCUT2D eigenvalue weighted by atomic mass is 19.1. The van der Waals surface area contributed by atoms with Gasteiger partial charge in [-0.2, -0.15) is 0 Å². The maximum Gasteiger partial charge on any atom is 0.251 e. The lowest BCUT2D eigenvalue weighted by atomic mass is 10.1. The van der Waals surface area contributed by atoms with Crippen molar-refractivity contribution >= 4 is 5.91 Å². The molecule has 0 aliphatic carbocycles. The Kier molecular flexibility index (Phi) is 6.81. The molecule has 0 spiro atoms. The lowest BCUT2D eigenvalue weighted by Crippen LogP contribution is -2.25. The second kappa shape index (κ2) is 9.06. The number of hydrogen-bond acceptors (Lipinski definition) is 3. The third-order valence-electron chi connectivity index (χ3n) is 3.61. The first-order chi connectivity index (χ1) is 12.0. The Bertz CT molecular complexity index is 699. The summed E-state index contributed by atoms with van der Waals surface area (Å²) in [7, 11) is 1.55. The third-order valence-corrected chi connectivity index (χ3v) is 3.61. The van der Waals surface area contributed by atoms with Gasteiger partial charge >= 0.3 is 0 Å². The summed E-state index contributed by atoms with van der Waals surface area (Å²) in [6, 6.07) is 11.4. The fourth-order valence-corrected chi connectivity index (χ4v) is 2.26. The average molecular weight is 345 g/mol. The van der Waals surface area contributed by atoms with E-state index >= 15 is 0 Å². The van der Waals surface area contributed by atoms with Gasteiger partial charge in [0.25, 0.3) is 5.91 Å². The number of nitrogens with one attached hydrogen (secondary N) is 1. The zero-order valence-corrected chi connectivity index (χ0v) is 14.8. The van der Waals surface area contributed by atoms with E-state index in [-0.39, 0.29) is 11.7 Å². The molecule has 5 heteroatoms. The van der Waals surface area contributed by atoms with Crippen molar-refractivity contribution < 1.29 is 18.7 Å². The van der Waals surface area contributed by atoms with Gasteiger partial charge < -0.3 is 14.8 Å². The first kappa shape index (κ1) is 18.8. The molecule has 1 N–H and O–H groups in total. The molecule has 2 aromatic carbocycles. The van der Waals surface area contributed by atoms with E-state index in [4.69, 9.17) is 9.47 Å². The van der Waals surface area contributed by atoms with E-state index in [1.165, 1.54) is 12.1 Å². The lowest BCUT2D eigenvalue weighted by molar-refractivity contribution is 0.0953. The zero-order valence-electron chi connectivity index (χ0n) is 14.8. The molecule has 0 aromatic heterocycles. The van der Waals surface area contributed by atoms with Crippen LogP contribution in [0, 0.1) is 11.7 Å². The van der Waals surface area contributed by atoms with Gasteiger partial charge in [0.05, 0.1) is 13.7 Å². The quantitative estimate of drug-likeness (QED) is 0.791. The number of hydrogen-bond donors (Lipinski definition) is 1. The van der Waals surface area contributed by atoms with Crippen molar-refractivity contribution in [2.24, 2.45) is 5.92 Å². The number of rotatable bonds is 8. The highest BCUT2D eigenvalue weighted by Gasteiger charge is 2.11. The van der Waals surface area contributed by atoms with Crippen LogP contribution in [0.3, 0.4) is 0 Å². The van der Waals surface area contributed by atoms with E-state index in [0.29, 0.717) is 42.6 Å². The fraction of sp³-hybridized carbons (Fsp3) is 0.350. The number of benzene rings is 2. The molecule has 0 unspecified atom stereocenters. The van der Waals surface area contributed by atoms with Gasteiger partial charge in [0, 0.05) is 12.1 Å². The van der Waals surface area contributed by atoms with Crippen molar-refractivity contribution in [3.8, 4) is 11.5 Å². The van der Waals surface area contributed by atoms with Gasteiger partial charge in [0.1, 0.15) is 5.82 Å². The van der Waals surface area contributed by atoms with Crippen LogP contribution in [-0.2, 0) is 6.42 Å². The predicted octanol–water partition coefficient (Wildman–Crippen LogP) is 3.84. The van der Waals surface area contributed by atoms with Crippen molar-refractivity contribution in [2.45, 2.75) is 20.3 Å². The summed E-state index contributed by atoms with van der Waals surface area (Å²) in [5.74, 6) is 1.11. The van der Waals surface area contributed by atoms with E-state index in [9.17, 15) is 9.18 Å². The maximum absolute atomic E-state index is 12.9. The van der Waals surface area contributed by atoms with Crippen molar-refractivity contribution in [3.05, 3.63) is 59.4 Å². The second-order valence-corrected chi connectivity index (χ2v) is 6.20. The normalized spacial score (nSPS) is 10.6. The van der Waals surface area contributed by atoms with E-state index in [1.807, 2.05) is 0 Å². The zero-order chi connectivity index (χ0) is 18.2. The molecule has 25 heavy (non-hydrogen) atoms. The van der Waals surface area contributed by atoms with Crippen LogP contribution in [-0.4, -0.2) is 26.2 Å². The highest BCUT2D eigenvalue weighted by Crippen LogP contribution is 2.28. The topological polar surface area (TPSA) is 47.6 Å². The Labute approximate surface area is 148 Å². The van der Waals surface area contributed by atoms with Gasteiger partial charge in [0.15, 0.2) is 11.5 Å². The molecular weight excluding hydrogens is 321 g/mol. The first-order valence-electron chi connectivity index (χ1n) is 8.33. The van der Waals surface area contributed by atoms with Crippen LogP contribution in [0.4, 0.5) is 4.39 Å². The van der Waals surface area contributed by atoms with Crippen molar-refractivity contribution in [1.82, 2.24) is 5.32 Å². The SMILES string of the molecule is COc1cc(C(=O)NCCc2ccc(F)cc2)ccc1OCC(C)C. The van der Waals surface area contributed by atoms with Crippen molar-refractivity contribution in [1.29, 1.82) is 0 Å². The Morgan fingerprint density at radius 3 is 2.48 bits per heavy atom. The standard InChI is InChI=1S/C20H24FNO3/c1-14(2)13-25-18-9-6-16(12-19(18)24-3)20(23)22-11-10-15-4-7-17(21)8-5-15/h4-9,12,14H,10-11,13H2,1-3H3,(H,22,23). The molecule has 1 amide bonds. The number of amides is 1. The summed E-state index contributed by atoms with van der Waals surface area (Å²) in [5.41, 5.74) is 1.48. The van der Waals surface area contributed by atoms with E-state index in [0.717, 1.165) is 5.56 Å². The molecule has 2 aromatic rings. The molecule has 0 heterocycles. The molecule has 4 nitrogen and oxygen atoms in total. The monoisotopic (exact) mass is 345 g/mol. The number of methoxy groups -OCH3 is 1. The summed E-state index contributed by atoms with van der Waals surface area (Å²) in [4.78, 5) is 12.3. The van der Waals surface area contributed by atoms with Gasteiger partial charge in [0.2, 0.25) is 0 Å². The molecule has 0 radical (unpaired) electrons. The summed E-state index contributed by atoms with van der Waals surface area (Å²) in [6.45, 7) is 5.18. The summed E-state index contributed by atoms with van der Waals surface area (Å²) in [6.07, 6.45) is 0.638. The highest BCUT2D eigenvalue weighted by molar-refractivity contribution is 5.94. The summed E-state index contributed by atoms with van der Waals surface area (Å²) in [5, 5.41) is 2.85. The molecule has 0 aliphatic rings. The average Bonchev–Trinajstić information content (AvgIpc) is 2.61. The number of carbonyl (C=O) groups is 1. The second-order valence-electron chi connectivity index (χ2n) is 6.20. The predicted molar refractivity (Wildman–Crippen MR) is 95.8 cm³/mol. The van der Waals surface area contributed by atoms with Crippen LogP contribution < -0.4 is 14.8 Å². The van der Waals surface area contributed by atoms with Gasteiger partial charge in [-0.05, 0) is 48.2 Å². The fourth-order valence-electron chi connectivity index (χ4n) is 2.26. The van der Waals surface area contributed by atoms with Crippen LogP contribution in [0.2, 0.25) is 0 Å². The number of ether oxygens (including phenoxy) is 2. The molecular formula is C20H24FNO3. The van der Waals surface area contributed by atoms with E-state index < -0.39 is 0 Å². The third kappa shape index (κ3) is 5.78. The molecule has 0 fully saturated rings. The van der Waals surface area contributed by atoms with E-state index in [2.05, 4.69) is 19.2 Å². The Morgan fingerprint density at radius 2 is 1.84 bits per heavy atom. The molecule has 134 valence electrons. The molecule has 0 atom stereocenters. The molecule has 0 aliphatic heterocycles. The van der Waals surface area contributed by atoms with Crippen molar-refractivity contribution in [3.63, 3.8) is 0 Å². The largest absolute Gasteiger partial charge is 0.493 e. The van der Waals surface area contributed by atoms with Gasteiger partial charge in [-0.15, -0.1) is 0 Å². The minimum atomic E-state index is -0.264. The molecule has 0 saturated carbocycles. The van der Waals surface area contributed by atoms with Crippen molar-refractivity contribution in [2.75, 3.05) is 20.3 Å². The van der Waals surface area contributed by atoms with Gasteiger partial charge in [-0.3, -0.25) is 4.79 Å². The molecule has 0 saturated heterocycles. The number of carbonyl (C=O) groups excluding carboxylic acids is 1. The maximum atomic E-state index is 12.9. The molecule has 0 bridgehead atoms. The lowest BCUT2D eigenvalue weighted by Gasteiger charge is -2.13. The summed E-state index contributed by atoms with van der Waals surface area (Å²) >= 11 is 0. The van der Waals surface area contributed by atoms with Crippen LogP contribution in [0.5, 0.6) is 11.5 Å². The van der Waals surface area contributed by atoms with Gasteiger partial charge in [-0.25, -0.2) is 4.39 Å².